The van der Waals surface area contributed by atoms with Crippen LogP contribution in [-0.2, 0) is 6.54 Å². The van der Waals surface area contributed by atoms with E-state index in [4.69, 9.17) is 5.11 Å². The summed E-state index contributed by atoms with van der Waals surface area (Å²) < 4.78 is 0. The fourth-order valence-electron chi connectivity index (χ4n) is 1.31. The van der Waals surface area contributed by atoms with E-state index in [9.17, 15) is 0 Å². The van der Waals surface area contributed by atoms with Gasteiger partial charge < -0.3 is 10.4 Å². The molecule has 4 nitrogen and oxygen atoms in total. The van der Waals surface area contributed by atoms with Crippen LogP contribution in [0.15, 0.2) is 17.6 Å². The Labute approximate surface area is 101 Å². The van der Waals surface area contributed by atoms with Gasteiger partial charge in [0.1, 0.15) is 0 Å². The van der Waals surface area contributed by atoms with Gasteiger partial charge in [-0.3, -0.25) is 0 Å². The molecule has 0 saturated carbocycles. The first-order valence-electron chi connectivity index (χ1n) is 5.53. The topological polar surface area (TPSA) is 58.0 Å². The zero-order valence-corrected chi connectivity index (χ0v) is 10.5. The van der Waals surface area contributed by atoms with Gasteiger partial charge in [0.05, 0.1) is 0 Å². The lowest BCUT2D eigenvalue weighted by molar-refractivity contribution is 0.283. The zero-order chi connectivity index (χ0) is 11.6. The Kier molecular flexibility index (Phi) is 7.12. The summed E-state index contributed by atoms with van der Waals surface area (Å²) in [4.78, 5) is 8.41. The van der Waals surface area contributed by atoms with Crippen LogP contribution >= 0.6 is 11.8 Å². The molecule has 0 aliphatic rings. The minimum atomic E-state index is 0.296. The third kappa shape index (κ3) is 5.44. The lowest BCUT2D eigenvalue weighted by atomic mass is 10.2. The monoisotopic (exact) mass is 241 g/mol. The van der Waals surface area contributed by atoms with Gasteiger partial charge >= 0.3 is 0 Å². The molecule has 16 heavy (non-hydrogen) atoms. The Morgan fingerprint density at radius 3 is 2.62 bits per heavy atom. The molecule has 0 aromatic carbocycles. The number of aliphatic hydroxyl groups excluding tert-OH is 1. The molecule has 0 bridgehead atoms. The van der Waals surface area contributed by atoms with Crippen LogP contribution in [0.2, 0.25) is 0 Å². The van der Waals surface area contributed by atoms with E-state index in [0.29, 0.717) is 6.61 Å². The lowest BCUT2D eigenvalue weighted by Gasteiger charge is -2.04. The summed E-state index contributed by atoms with van der Waals surface area (Å²) in [5.74, 6) is 0. The summed E-state index contributed by atoms with van der Waals surface area (Å²) in [6.45, 7) is 2.09. The first kappa shape index (κ1) is 13.4. The normalized spacial score (nSPS) is 10.6. The van der Waals surface area contributed by atoms with E-state index in [-0.39, 0.29) is 0 Å². The van der Waals surface area contributed by atoms with Crippen molar-refractivity contribution in [2.75, 3.05) is 19.4 Å². The summed E-state index contributed by atoms with van der Waals surface area (Å²) in [6, 6.07) is 0. The van der Waals surface area contributed by atoms with Crippen LogP contribution in [0.25, 0.3) is 0 Å². The lowest BCUT2D eigenvalue weighted by Crippen LogP contribution is -2.15. The molecule has 5 heteroatoms. The van der Waals surface area contributed by atoms with E-state index in [1.54, 1.807) is 11.8 Å². The maximum Gasteiger partial charge on any atom is 0.187 e. The van der Waals surface area contributed by atoms with Crippen molar-refractivity contribution >= 4 is 11.8 Å². The van der Waals surface area contributed by atoms with E-state index < -0.39 is 0 Å². The number of nitrogens with zero attached hydrogens (tertiary/aromatic N) is 2. The van der Waals surface area contributed by atoms with Crippen LogP contribution < -0.4 is 5.32 Å². The second-order valence-corrected chi connectivity index (χ2v) is 4.31. The second kappa shape index (κ2) is 8.50. The molecule has 0 fully saturated rings. The predicted molar refractivity (Wildman–Crippen MR) is 66.5 cm³/mol. The molecule has 0 aliphatic carbocycles. The van der Waals surface area contributed by atoms with E-state index in [1.165, 1.54) is 0 Å². The van der Waals surface area contributed by atoms with Crippen LogP contribution in [0.5, 0.6) is 0 Å². The molecule has 1 aromatic rings. The molecule has 1 heterocycles. The van der Waals surface area contributed by atoms with Gasteiger partial charge in [0.2, 0.25) is 0 Å². The van der Waals surface area contributed by atoms with Crippen molar-refractivity contribution in [3.63, 3.8) is 0 Å². The van der Waals surface area contributed by atoms with Crippen molar-refractivity contribution < 1.29 is 5.11 Å². The van der Waals surface area contributed by atoms with E-state index in [1.807, 2.05) is 18.6 Å². The molecule has 90 valence electrons. The Bertz CT molecular complexity index is 279. The summed E-state index contributed by atoms with van der Waals surface area (Å²) in [6.07, 6.45) is 8.76. The summed E-state index contributed by atoms with van der Waals surface area (Å²) in [5.41, 5.74) is 1.11. The number of hydrogen-bond acceptors (Lipinski definition) is 5. The predicted octanol–water partition coefficient (Wildman–Crippen LogP) is 1.45. The molecule has 1 rings (SSSR count). The molecule has 0 atom stereocenters. The molecule has 0 spiro atoms. The van der Waals surface area contributed by atoms with E-state index in [2.05, 4.69) is 15.3 Å². The number of hydrogen-bond donors (Lipinski definition) is 2. The standard InChI is InChI=1S/C11H19N3OS/c1-16-11-13-8-10(9-14-11)7-12-5-3-2-4-6-15/h8-9,12,15H,2-7H2,1H3. The van der Waals surface area contributed by atoms with Gasteiger partial charge in [0.15, 0.2) is 5.16 Å². The maximum atomic E-state index is 8.61. The fourth-order valence-corrected chi connectivity index (χ4v) is 1.63. The average Bonchev–Trinajstić information content (AvgIpc) is 2.34. The highest BCUT2D eigenvalue weighted by Crippen LogP contribution is 2.06. The second-order valence-electron chi connectivity index (χ2n) is 3.54. The highest BCUT2D eigenvalue weighted by molar-refractivity contribution is 7.98. The largest absolute Gasteiger partial charge is 0.396 e. The summed E-state index contributed by atoms with van der Waals surface area (Å²) in [7, 11) is 0. The summed E-state index contributed by atoms with van der Waals surface area (Å²) in [5, 5.41) is 12.8. The van der Waals surface area contributed by atoms with Crippen LogP contribution in [-0.4, -0.2) is 34.5 Å². The van der Waals surface area contributed by atoms with Crippen molar-refractivity contribution in [1.29, 1.82) is 0 Å². The Hall–Kier alpha value is -0.650. The van der Waals surface area contributed by atoms with E-state index >= 15 is 0 Å². The van der Waals surface area contributed by atoms with Crippen molar-refractivity contribution in [3.8, 4) is 0 Å². The molecule has 0 radical (unpaired) electrons. The van der Waals surface area contributed by atoms with Gasteiger partial charge in [0, 0.05) is 31.1 Å². The van der Waals surface area contributed by atoms with Crippen LogP contribution in [0.3, 0.4) is 0 Å². The van der Waals surface area contributed by atoms with Crippen LogP contribution in [0, 0.1) is 0 Å². The molecule has 0 aliphatic heterocycles. The molecular weight excluding hydrogens is 222 g/mol. The number of unbranched alkanes of at least 4 members (excludes halogenated alkanes) is 2. The minimum absolute atomic E-state index is 0.296. The molecule has 0 saturated heterocycles. The number of aromatic nitrogens is 2. The highest BCUT2D eigenvalue weighted by atomic mass is 32.2. The fraction of sp³-hybridized carbons (Fsp3) is 0.636. The van der Waals surface area contributed by atoms with Gasteiger partial charge in [-0.15, -0.1) is 0 Å². The van der Waals surface area contributed by atoms with Gasteiger partial charge in [0.25, 0.3) is 0 Å². The van der Waals surface area contributed by atoms with Crippen LogP contribution in [0.4, 0.5) is 0 Å². The van der Waals surface area contributed by atoms with Gasteiger partial charge in [-0.2, -0.15) is 0 Å². The van der Waals surface area contributed by atoms with Crippen molar-refractivity contribution in [2.45, 2.75) is 31.0 Å². The highest BCUT2D eigenvalue weighted by Gasteiger charge is 1.96. The number of aliphatic hydroxyl groups is 1. The Morgan fingerprint density at radius 1 is 1.25 bits per heavy atom. The first-order valence-corrected chi connectivity index (χ1v) is 6.75. The van der Waals surface area contributed by atoms with Gasteiger partial charge in [-0.05, 0) is 32.1 Å². The van der Waals surface area contributed by atoms with Crippen LogP contribution in [0.1, 0.15) is 24.8 Å². The Balaban J connectivity index is 2.12. The van der Waals surface area contributed by atoms with Crippen molar-refractivity contribution in [1.82, 2.24) is 15.3 Å². The molecular formula is C11H19N3OS. The Morgan fingerprint density at radius 2 is 2.00 bits per heavy atom. The summed E-state index contributed by atoms with van der Waals surface area (Å²) >= 11 is 1.55. The molecule has 1 aromatic heterocycles. The maximum absolute atomic E-state index is 8.61. The van der Waals surface area contributed by atoms with Gasteiger partial charge in [-0.1, -0.05) is 11.8 Å². The SMILES string of the molecule is CSc1ncc(CNCCCCCO)cn1. The third-order valence-corrected chi connectivity index (χ3v) is 2.78. The third-order valence-electron chi connectivity index (χ3n) is 2.20. The quantitative estimate of drug-likeness (QED) is 0.410. The van der Waals surface area contributed by atoms with E-state index in [0.717, 1.165) is 43.1 Å². The smallest absolute Gasteiger partial charge is 0.187 e. The van der Waals surface area contributed by atoms with Crippen molar-refractivity contribution in [2.24, 2.45) is 0 Å². The minimum Gasteiger partial charge on any atom is -0.396 e. The zero-order valence-electron chi connectivity index (χ0n) is 9.65. The average molecular weight is 241 g/mol. The number of thioether (sulfide) groups is 1. The molecule has 0 unspecified atom stereocenters. The van der Waals surface area contributed by atoms with Crippen molar-refractivity contribution in [3.05, 3.63) is 18.0 Å². The molecule has 0 amide bonds. The number of nitrogens with one attached hydrogen (secondary N) is 1. The van der Waals surface area contributed by atoms with Gasteiger partial charge in [-0.25, -0.2) is 9.97 Å². The number of rotatable bonds is 8. The first-order chi connectivity index (χ1) is 7.86. The molecule has 2 N–H and O–H groups in total.